The lowest BCUT2D eigenvalue weighted by atomic mass is 10.0. The van der Waals surface area contributed by atoms with E-state index in [4.69, 9.17) is 16.0 Å². The Balaban J connectivity index is 2.39. The highest BCUT2D eigenvalue weighted by atomic mass is 35.5. The number of hydrogen-bond donors (Lipinski definition) is 0. The van der Waals surface area contributed by atoms with E-state index in [0.717, 1.165) is 32.7 Å². The molecule has 0 atom stereocenters. The fraction of sp³-hybridized carbons (Fsp3) is 0.0625. The molecule has 0 aliphatic rings. The van der Waals surface area contributed by atoms with Gasteiger partial charge in [-0.2, -0.15) is 0 Å². The molecule has 4 aromatic rings. The second-order valence-electron chi connectivity index (χ2n) is 4.71. The molecule has 3 heteroatoms. The molecule has 0 N–H and O–H groups in total. The highest BCUT2D eigenvalue weighted by Crippen LogP contribution is 2.38. The van der Waals surface area contributed by atoms with Gasteiger partial charge in [-0.3, -0.25) is 4.98 Å². The van der Waals surface area contributed by atoms with Crippen LogP contribution in [0.2, 0.25) is 5.02 Å². The molecule has 2 nitrogen and oxygen atoms in total. The summed E-state index contributed by atoms with van der Waals surface area (Å²) in [4.78, 5) is 4.17. The molecule has 0 amide bonds. The topological polar surface area (TPSA) is 26.0 Å². The first kappa shape index (κ1) is 10.8. The van der Waals surface area contributed by atoms with Crippen molar-refractivity contribution in [3.63, 3.8) is 0 Å². The van der Waals surface area contributed by atoms with Crippen LogP contribution in [-0.4, -0.2) is 4.98 Å². The van der Waals surface area contributed by atoms with E-state index in [9.17, 15) is 0 Å². The highest BCUT2D eigenvalue weighted by Gasteiger charge is 2.14. The Kier molecular flexibility index (Phi) is 2.12. The van der Waals surface area contributed by atoms with Crippen molar-refractivity contribution < 1.29 is 4.42 Å². The fourth-order valence-electron chi connectivity index (χ4n) is 2.67. The van der Waals surface area contributed by atoms with Crippen LogP contribution in [0.25, 0.3) is 32.7 Å². The molecule has 0 unspecified atom stereocenters. The Labute approximate surface area is 114 Å². The SMILES string of the molecule is Cc1ccc(Cl)c2oc3ccc4cnccc4c3c12. The summed E-state index contributed by atoms with van der Waals surface area (Å²) in [5.41, 5.74) is 2.80. The zero-order valence-electron chi connectivity index (χ0n) is 10.3. The summed E-state index contributed by atoms with van der Waals surface area (Å²) >= 11 is 6.25. The average Bonchev–Trinajstić information content (AvgIpc) is 2.84. The predicted octanol–water partition coefficient (Wildman–Crippen LogP) is 5.10. The first-order valence-electron chi connectivity index (χ1n) is 6.10. The number of benzene rings is 2. The van der Waals surface area contributed by atoms with Crippen LogP contribution in [0.3, 0.4) is 0 Å². The summed E-state index contributed by atoms with van der Waals surface area (Å²) in [5, 5.41) is 5.13. The summed E-state index contributed by atoms with van der Waals surface area (Å²) in [5.74, 6) is 0. The summed E-state index contributed by atoms with van der Waals surface area (Å²) in [6.45, 7) is 2.08. The number of fused-ring (bicyclic) bond motifs is 5. The Hall–Kier alpha value is -2.06. The molecule has 0 bridgehead atoms. The minimum atomic E-state index is 0.652. The van der Waals surface area contributed by atoms with Crippen LogP contribution in [0.1, 0.15) is 5.56 Å². The van der Waals surface area contributed by atoms with Gasteiger partial charge in [-0.15, -0.1) is 0 Å². The third-order valence-corrected chi connectivity index (χ3v) is 3.86. The van der Waals surface area contributed by atoms with E-state index in [-0.39, 0.29) is 0 Å². The van der Waals surface area contributed by atoms with Crippen molar-refractivity contribution >= 4 is 44.3 Å². The van der Waals surface area contributed by atoms with E-state index < -0.39 is 0 Å². The zero-order chi connectivity index (χ0) is 13.0. The standard InChI is InChI=1S/C16H10ClNO/c1-9-2-4-12(17)16-14(9)15-11-6-7-18-8-10(11)3-5-13(15)19-16/h2-8H,1H3. The molecule has 0 aliphatic carbocycles. The third-order valence-electron chi connectivity index (χ3n) is 3.56. The normalized spacial score (nSPS) is 11.7. The van der Waals surface area contributed by atoms with Crippen molar-refractivity contribution in [3.8, 4) is 0 Å². The van der Waals surface area contributed by atoms with Gasteiger partial charge < -0.3 is 4.42 Å². The first-order chi connectivity index (χ1) is 9.25. The quantitative estimate of drug-likeness (QED) is 0.443. The van der Waals surface area contributed by atoms with Crippen molar-refractivity contribution in [2.45, 2.75) is 6.92 Å². The number of rotatable bonds is 0. The lowest BCUT2D eigenvalue weighted by Crippen LogP contribution is -1.78. The molecule has 2 aromatic heterocycles. The van der Waals surface area contributed by atoms with E-state index >= 15 is 0 Å². The summed E-state index contributed by atoms with van der Waals surface area (Å²) < 4.78 is 5.92. The molecule has 2 aromatic carbocycles. The maximum absolute atomic E-state index is 6.25. The average molecular weight is 268 g/mol. The first-order valence-corrected chi connectivity index (χ1v) is 6.47. The van der Waals surface area contributed by atoms with E-state index in [1.54, 1.807) is 6.20 Å². The van der Waals surface area contributed by atoms with Gasteiger partial charge in [0.1, 0.15) is 5.58 Å². The van der Waals surface area contributed by atoms with Crippen LogP contribution in [0, 0.1) is 6.92 Å². The van der Waals surface area contributed by atoms with Crippen LogP contribution >= 0.6 is 11.6 Å². The maximum Gasteiger partial charge on any atom is 0.154 e. The highest BCUT2D eigenvalue weighted by molar-refractivity contribution is 6.36. The van der Waals surface area contributed by atoms with Gasteiger partial charge in [0.2, 0.25) is 0 Å². The molecule has 19 heavy (non-hydrogen) atoms. The van der Waals surface area contributed by atoms with Crippen LogP contribution in [-0.2, 0) is 0 Å². The number of furan rings is 1. The van der Waals surface area contributed by atoms with Gasteiger partial charge in [0.15, 0.2) is 5.58 Å². The molecule has 0 radical (unpaired) electrons. The summed E-state index contributed by atoms with van der Waals surface area (Å²) in [7, 11) is 0. The monoisotopic (exact) mass is 267 g/mol. The lowest BCUT2D eigenvalue weighted by Gasteiger charge is -2.00. The van der Waals surface area contributed by atoms with E-state index in [0.29, 0.717) is 5.02 Å². The van der Waals surface area contributed by atoms with Crippen molar-refractivity contribution in [2.75, 3.05) is 0 Å². The molecule has 4 rings (SSSR count). The number of aromatic nitrogens is 1. The van der Waals surface area contributed by atoms with Crippen molar-refractivity contribution in [1.29, 1.82) is 0 Å². The molecule has 0 spiro atoms. The van der Waals surface area contributed by atoms with Gasteiger partial charge in [-0.05, 0) is 42.1 Å². The zero-order valence-corrected chi connectivity index (χ0v) is 11.0. The minimum absolute atomic E-state index is 0.652. The number of pyridine rings is 1. The van der Waals surface area contributed by atoms with Gasteiger partial charge in [0, 0.05) is 28.6 Å². The van der Waals surface area contributed by atoms with Gasteiger partial charge in [0.05, 0.1) is 5.02 Å². The van der Waals surface area contributed by atoms with Crippen molar-refractivity contribution in [3.05, 3.63) is 53.3 Å². The molecule has 0 saturated heterocycles. The number of nitrogens with zero attached hydrogens (tertiary/aromatic N) is 1. The van der Waals surface area contributed by atoms with Gasteiger partial charge in [0.25, 0.3) is 0 Å². The van der Waals surface area contributed by atoms with Crippen LogP contribution in [0.4, 0.5) is 0 Å². The predicted molar refractivity (Wildman–Crippen MR) is 78.8 cm³/mol. The molecule has 2 heterocycles. The van der Waals surface area contributed by atoms with E-state index in [2.05, 4.69) is 11.9 Å². The van der Waals surface area contributed by atoms with Gasteiger partial charge >= 0.3 is 0 Å². The largest absolute Gasteiger partial charge is 0.454 e. The van der Waals surface area contributed by atoms with Crippen LogP contribution < -0.4 is 0 Å². The Bertz CT molecular complexity index is 940. The fourth-order valence-corrected chi connectivity index (χ4v) is 2.86. The van der Waals surface area contributed by atoms with Crippen LogP contribution in [0.15, 0.2) is 47.1 Å². The molecular weight excluding hydrogens is 258 g/mol. The molecular formula is C16H10ClNO. The number of halogens is 1. The molecule has 0 fully saturated rings. The second-order valence-corrected chi connectivity index (χ2v) is 5.11. The number of aryl methyl sites for hydroxylation is 1. The van der Waals surface area contributed by atoms with Crippen molar-refractivity contribution in [1.82, 2.24) is 4.98 Å². The van der Waals surface area contributed by atoms with E-state index in [1.165, 1.54) is 5.56 Å². The maximum atomic E-state index is 6.25. The Morgan fingerprint density at radius 2 is 1.95 bits per heavy atom. The summed E-state index contributed by atoms with van der Waals surface area (Å²) in [6.07, 6.45) is 3.67. The van der Waals surface area contributed by atoms with E-state index in [1.807, 2.05) is 36.5 Å². The molecule has 92 valence electrons. The third kappa shape index (κ3) is 1.41. The van der Waals surface area contributed by atoms with Gasteiger partial charge in [-0.25, -0.2) is 0 Å². The second kappa shape index (κ2) is 3.72. The van der Waals surface area contributed by atoms with Crippen LogP contribution in [0.5, 0.6) is 0 Å². The van der Waals surface area contributed by atoms with Crippen molar-refractivity contribution in [2.24, 2.45) is 0 Å². The van der Waals surface area contributed by atoms with Gasteiger partial charge in [-0.1, -0.05) is 17.7 Å². The summed E-state index contributed by atoms with van der Waals surface area (Å²) in [6, 6.07) is 9.93. The molecule has 0 saturated carbocycles. The lowest BCUT2D eigenvalue weighted by molar-refractivity contribution is 0.669. The Morgan fingerprint density at radius 3 is 2.84 bits per heavy atom. The minimum Gasteiger partial charge on any atom is -0.454 e. The smallest absolute Gasteiger partial charge is 0.154 e. The Morgan fingerprint density at radius 1 is 1.05 bits per heavy atom. The molecule has 0 aliphatic heterocycles. The number of hydrogen-bond acceptors (Lipinski definition) is 2.